The first-order valence-electron chi connectivity index (χ1n) is 3.96. The van der Waals surface area contributed by atoms with Crippen LogP contribution in [0.3, 0.4) is 0 Å². The summed E-state index contributed by atoms with van der Waals surface area (Å²) in [6, 6.07) is 0. The van der Waals surface area contributed by atoms with Gasteiger partial charge in [-0.05, 0) is 13.8 Å². The van der Waals surface area contributed by atoms with Gasteiger partial charge >= 0.3 is 0 Å². The third kappa shape index (κ3) is 3.12. The van der Waals surface area contributed by atoms with Crippen molar-refractivity contribution in [1.29, 1.82) is 0 Å². The van der Waals surface area contributed by atoms with E-state index in [1.54, 1.807) is 6.20 Å². The van der Waals surface area contributed by atoms with Gasteiger partial charge in [-0.1, -0.05) is 0 Å². The average molecular weight is 200 g/mol. The Hall–Kier alpha value is -0.940. The summed E-state index contributed by atoms with van der Waals surface area (Å²) < 4.78 is 0. The third-order valence-electron chi connectivity index (χ3n) is 1.49. The molecule has 0 saturated heterocycles. The van der Waals surface area contributed by atoms with Crippen LogP contribution in [0.25, 0.3) is 0 Å². The highest BCUT2D eigenvalue weighted by Crippen LogP contribution is 2.10. The van der Waals surface area contributed by atoms with E-state index in [1.165, 1.54) is 18.3 Å². The van der Waals surface area contributed by atoms with Gasteiger partial charge in [0.25, 0.3) is 0 Å². The molecule has 0 fully saturated rings. The maximum absolute atomic E-state index is 10.9. The topological polar surface area (TPSA) is 62.2 Å². The second kappa shape index (κ2) is 4.34. The predicted molar refractivity (Wildman–Crippen MR) is 50.4 cm³/mol. The van der Waals surface area contributed by atoms with Crippen molar-refractivity contribution in [3.63, 3.8) is 0 Å². The minimum absolute atomic E-state index is 0.356. The number of aliphatic hydroxyl groups excluding tert-OH is 1. The van der Waals surface area contributed by atoms with Crippen molar-refractivity contribution < 1.29 is 9.90 Å². The first kappa shape index (κ1) is 10.1. The number of nitrogens with zero attached hydrogens (tertiary/aromatic N) is 1. The summed E-state index contributed by atoms with van der Waals surface area (Å²) in [6.45, 7) is 3.78. The molecule has 0 radical (unpaired) electrons. The molecule has 0 aliphatic heterocycles. The Morgan fingerprint density at radius 1 is 1.85 bits per heavy atom. The Kier molecular flexibility index (Phi) is 3.39. The fourth-order valence-corrected chi connectivity index (χ4v) is 1.54. The number of aromatic nitrogens is 1. The molecule has 72 valence electrons. The molecule has 0 spiro atoms. The van der Waals surface area contributed by atoms with E-state index < -0.39 is 6.10 Å². The molecule has 0 unspecified atom stereocenters. The van der Waals surface area contributed by atoms with Crippen molar-refractivity contribution in [3.8, 4) is 0 Å². The zero-order valence-electron chi connectivity index (χ0n) is 7.57. The van der Waals surface area contributed by atoms with Crippen molar-refractivity contribution in [2.75, 3.05) is 0 Å². The van der Waals surface area contributed by atoms with Crippen LogP contribution in [0.1, 0.15) is 16.8 Å². The van der Waals surface area contributed by atoms with E-state index in [-0.39, 0.29) is 5.91 Å². The summed E-state index contributed by atoms with van der Waals surface area (Å²) in [6.07, 6.45) is 0.775. The largest absolute Gasteiger partial charge is 0.384 e. The van der Waals surface area contributed by atoms with E-state index in [2.05, 4.69) is 10.3 Å². The summed E-state index contributed by atoms with van der Waals surface area (Å²) >= 11 is 1.53. The molecule has 5 heteroatoms. The van der Waals surface area contributed by atoms with Crippen LogP contribution in [-0.2, 0) is 11.3 Å². The summed E-state index contributed by atoms with van der Waals surface area (Å²) in [5, 5.41) is 12.4. The normalized spacial score (nSPS) is 12.5. The number of aryl methyl sites for hydroxylation is 1. The molecule has 1 aromatic rings. The van der Waals surface area contributed by atoms with Crippen molar-refractivity contribution in [2.24, 2.45) is 0 Å². The molecule has 0 aliphatic carbocycles. The summed E-state index contributed by atoms with van der Waals surface area (Å²) in [5.74, 6) is -0.356. The van der Waals surface area contributed by atoms with Crippen molar-refractivity contribution in [3.05, 3.63) is 16.1 Å². The number of hydrogen-bond acceptors (Lipinski definition) is 4. The van der Waals surface area contributed by atoms with Crippen LogP contribution in [0.5, 0.6) is 0 Å². The van der Waals surface area contributed by atoms with Crippen molar-refractivity contribution in [2.45, 2.75) is 26.5 Å². The number of hydrogen-bond donors (Lipinski definition) is 2. The predicted octanol–water partition coefficient (Wildman–Crippen LogP) is 0.449. The Balaban J connectivity index is 2.39. The van der Waals surface area contributed by atoms with E-state index in [0.717, 1.165) is 9.88 Å². The quantitative estimate of drug-likeness (QED) is 0.744. The van der Waals surface area contributed by atoms with Gasteiger partial charge in [0.2, 0.25) is 5.91 Å². The lowest BCUT2D eigenvalue weighted by Crippen LogP contribution is -2.31. The smallest absolute Gasteiger partial charge is 0.248 e. The summed E-state index contributed by atoms with van der Waals surface area (Å²) in [4.78, 5) is 16.0. The van der Waals surface area contributed by atoms with Gasteiger partial charge in [-0.2, -0.15) is 0 Å². The van der Waals surface area contributed by atoms with Crippen molar-refractivity contribution >= 4 is 17.2 Å². The fourth-order valence-electron chi connectivity index (χ4n) is 0.809. The second-order valence-electron chi connectivity index (χ2n) is 2.74. The van der Waals surface area contributed by atoms with Crippen LogP contribution < -0.4 is 5.32 Å². The van der Waals surface area contributed by atoms with Crippen LogP contribution in [0.2, 0.25) is 0 Å². The molecule has 1 aromatic heterocycles. The van der Waals surface area contributed by atoms with Gasteiger partial charge in [-0.25, -0.2) is 4.98 Å². The third-order valence-corrected chi connectivity index (χ3v) is 2.40. The monoisotopic (exact) mass is 200 g/mol. The molecule has 4 nitrogen and oxygen atoms in total. The molecule has 0 bridgehead atoms. The molecule has 1 atom stereocenters. The van der Waals surface area contributed by atoms with Gasteiger partial charge < -0.3 is 10.4 Å². The van der Waals surface area contributed by atoms with E-state index in [1.807, 2.05) is 6.92 Å². The Morgan fingerprint density at radius 3 is 3.00 bits per heavy atom. The fraction of sp³-hybridized carbons (Fsp3) is 0.500. The number of carbonyl (C=O) groups excluding carboxylic acids is 1. The number of thiazole rings is 1. The molecule has 13 heavy (non-hydrogen) atoms. The average Bonchev–Trinajstić information content (AvgIpc) is 2.47. The lowest BCUT2D eigenvalue weighted by atomic mass is 10.4. The number of aliphatic hydroxyl groups is 1. The summed E-state index contributed by atoms with van der Waals surface area (Å²) in [5.41, 5.74) is 0. The van der Waals surface area contributed by atoms with E-state index in [4.69, 9.17) is 5.11 Å². The summed E-state index contributed by atoms with van der Waals surface area (Å²) in [7, 11) is 0. The van der Waals surface area contributed by atoms with Gasteiger partial charge in [0.1, 0.15) is 6.10 Å². The first-order valence-corrected chi connectivity index (χ1v) is 4.78. The highest BCUT2D eigenvalue weighted by molar-refractivity contribution is 7.11. The van der Waals surface area contributed by atoms with Gasteiger partial charge in [0.15, 0.2) is 0 Å². The maximum atomic E-state index is 10.9. The van der Waals surface area contributed by atoms with Crippen LogP contribution >= 0.6 is 11.3 Å². The molecule has 0 aromatic carbocycles. The van der Waals surface area contributed by atoms with E-state index in [0.29, 0.717) is 6.54 Å². The van der Waals surface area contributed by atoms with Crippen LogP contribution in [0.4, 0.5) is 0 Å². The molecule has 1 rings (SSSR count). The highest BCUT2D eigenvalue weighted by atomic mass is 32.1. The Morgan fingerprint density at radius 2 is 2.54 bits per heavy atom. The number of rotatable bonds is 3. The first-order chi connectivity index (χ1) is 6.09. The zero-order chi connectivity index (χ0) is 9.84. The SMILES string of the molecule is Cc1ncc(CNC(=O)[C@@H](C)O)s1. The molecule has 1 amide bonds. The van der Waals surface area contributed by atoms with E-state index >= 15 is 0 Å². The standard InChI is InChI=1S/C8H12N2O2S/c1-5(11)8(12)10-4-7-3-9-6(2)13-7/h3,5,11H,4H2,1-2H3,(H,10,12)/t5-/m1/s1. The Labute approximate surface area is 80.6 Å². The van der Waals surface area contributed by atoms with Gasteiger partial charge in [0, 0.05) is 11.1 Å². The minimum atomic E-state index is -0.950. The van der Waals surface area contributed by atoms with E-state index in [9.17, 15) is 4.79 Å². The van der Waals surface area contributed by atoms with Crippen molar-refractivity contribution in [1.82, 2.24) is 10.3 Å². The highest BCUT2D eigenvalue weighted by Gasteiger charge is 2.08. The van der Waals surface area contributed by atoms with Crippen LogP contribution in [0, 0.1) is 6.92 Å². The van der Waals surface area contributed by atoms with Gasteiger partial charge in [-0.15, -0.1) is 11.3 Å². The van der Waals surface area contributed by atoms with Crippen LogP contribution in [0.15, 0.2) is 6.20 Å². The molecular formula is C8H12N2O2S. The number of amides is 1. The maximum Gasteiger partial charge on any atom is 0.248 e. The van der Waals surface area contributed by atoms with Crippen LogP contribution in [-0.4, -0.2) is 22.1 Å². The number of carbonyl (C=O) groups is 1. The minimum Gasteiger partial charge on any atom is -0.384 e. The lowest BCUT2D eigenvalue weighted by molar-refractivity contribution is -0.128. The molecule has 0 aliphatic rings. The second-order valence-corrected chi connectivity index (χ2v) is 4.06. The molecule has 1 heterocycles. The lowest BCUT2D eigenvalue weighted by Gasteiger charge is -2.04. The van der Waals surface area contributed by atoms with Gasteiger partial charge in [-0.3, -0.25) is 4.79 Å². The van der Waals surface area contributed by atoms with Gasteiger partial charge in [0.05, 0.1) is 11.6 Å². The molecule has 0 saturated carbocycles. The Bertz CT molecular complexity index is 296. The molecular weight excluding hydrogens is 188 g/mol. The molecule has 2 N–H and O–H groups in total. The zero-order valence-corrected chi connectivity index (χ0v) is 8.39. The number of nitrogens with one attached hydrogen (secondary N) is 1.